The fraction of sp³-hybridized carbons (Fsp3) is 0.545. The molecule has 13 heavy (non-hydrogen) atoms. The van der Waals surface area contributed by atoms with Gasteiger partial charge in [-0.05, 0) is 31.4 Å². The van der Waals surface area contributed by atoms with Crippen molar-refractivity contribution in [3.05, 3.63) is 23.7 Å². The molecular weight excluding hydrogens is 164 g/mol. The van der Waals surface area contributed by atoms with E-state index in [1.54, 1.807) is 6.07 Å². The lowest BCUT2D eigenvalue weighted by atomic mass is 10.1. The molecule has 0 aliphatic rings. The van der Waals surface area contributed by atoms with Crippen molar-refractivity contribution in [1.82, 2.24) is 0 Å². The number of hydrogen-bond acceptors (Lipinski definition) is 2. The summed E-state index contributed by atoms with van der Waals surface area (Å²) in [4.78, 5) is 11.5. The normalized spacial score (nSPS) is 10.8. The number of carbonyl (C=O) groups excluding carboxylic acids is 1. The van der Waals surface area contributed by atoms with Gasteiger partial charge in [-0.3, -0.25) is 4.79 Å². The first-order valence-corrected chi connectivity index (χ1v) is 4.69. The molecule has 0 spiro atoms. The highest BCUT2D eigenvalue weighted by molar-refractivity contribution is 5.93. The first-order valence-electron chi connectivity index (χ1n) is 4.69. The number of hydrogen-bond donors (Lipinski definition) is 0. The largest absolute Gasteiger partial charge is 0.458 e. The molecule has 0 bridgehead atoms. The monoisotopic (exact) mass is 180 g/mol. The maximum absolute atomic E-state index is 11.5. The molecule has 1 heterocycles. The summed E-state index contributed by atoms with van der Waals surface area (Å²) >= 11 is 0. The number of Topliss-reactive ketones (excluding diaryl/α,β-unsaturated/α-hetero) is 1. The van der Waals surface area contributed by atoms with Crippen LogP contribution in [0.4, 0.5) is 0 Å². The lowest BCUT2D eigenvalue weighted by Crippen LogP contribution is -1.99. The molecule has 0 saturated carbocycles. The highest BCUT2D eigenvalue weighted by atomic mass is 16.3. The summed E-state index contributed by atoms with van der Waals surface area (Å²) in [7, 11) is 0. The second kappa shape index (κ2) is 4.26. The number of ketones is 1. The first kappa shape index (κ1) is 10.0. The third-order valence-corrected chi connectivity index (χ3v) is 1.96. The van der Waals surface area contributed by atoms with Crippen LogP contribution in [-0.4, -0.2) is 5.78 Å². The van der Waals surface area contributed by atoms with Gasteiger partial charge in [-0.1, -0.05) is 13.8 Å². The van der Waals surface area contributed by atoms with Crippen LogP contribution in [0.2, 0.25) is 0 Å². The molecule has 0 aromatic carbocycles. The Bertz CT molecular complexity index is 284. The van der Waals surface area contributed by atoms with E-state index in [4.69, 9.17) is 4.42 Å². The van der Waals surface area contributed by atoms with Crippen molar-refractivity contribution in [3.8, 4) is 0 Å². The summed E-state index contributed by atoms with van der Waals surface area (Å²) in [5, 5.41) is 0. The van der Waals surface area contributed by atoms with E-state index in [1.165, 1.54) is 0 Å². The van der Waals surface area contributed by atoms with Crippen LogP contribution in [0, 0.1) is 12.8 Å². The third-order valence-electron chi connectivity index (χ3n) is 1.96. The molecule has 0 saturated heterocycles. The van der Waals surface area contributed by atoms with E-state index in [2.05, 4.69) is 13.8 Å². The van der Waals surface area contributed by atoms with Crippen LogP contribution in [0.3, 0.4) is 0 Å². The Morgan fingerprint density at radius 1 is 1.46 bits per heavy atom. The van der Waals surface area contributed by atoms with Crippen LogP contribution in [0.5, 0.6) is 0 Å². The Hall–Kier alpha value is -1.05. The van der Waals surface area contributed by atoms with E-state index in [-0.39, 0.29) is 5.78 Å². The zero-order chi connectivity index (χ0) is 9.84. The van der Waals surface area contributed by atoms with Gasteiger partial charge in [0.1, 0.15) is 5.76 Å². The summed E-state index contributed by atoms with van der Waals surface area (Å²) in [5.41, 5.74) is 0. The molecule has 0 unspecified atom stereocenters. The summed E-state index contributed by atoms with van der Waals surface area (Å²) in [5.74, 6) is 1.98. The quantitative estimate of drug-likeness (QED) is 0.666. The molecule has 0 amide bonds. The minimum atomic E-state index is 0.113. The number of aryl methyl sites for hydroxylation is 1. The summed E-state index contributed by atoms with van der Waals surface area (Å²) < 4.78 is 5.23. The molecule has 0 fully saturated rings. The maximum atomic E-state index is 11.5. The van der Waals surface area contributed by atoms with E-state index >= 15 is 0 Å². The molecule has 72 valence electrons. The molecule has 2 nitrogen and oxygen atoms in total. The Kier molecular flexibility index (Phi) is 3.29. The van der Waals surface area contributed by atoms with Crippen LogP contribution in [0.15, 0.2) is 16.5 Å². The molecule has 1 rings (SSSR count). The van der Waals surface area contributed by atoms with E-state index in [0.717, 1.165) is 12.2 Å². The van der Waals surface area contributed by atoms with Crippen molar-refractivity contribution in [1.29, 1.82) is 0 Å². The molecule has 0 N–H and O–H groups in total. The molecule has 0 radical (unpaired) electrons. The second-order valence-electron chi connectivity index (χ2n) is 3.77. The van der Waals surface area contributed by atoms with Crippen LogP contribution >= 0.6 is 0 Å². The third kappa shape index (κ3) is 3.05. The van der Waals surface area contributed by atoms with Crippen molar-refractivity contribution in [2.24, 2.45) is 5.92 Å². The molecular formula is C11H16O2. The van der Waals surface area contributed by atoms with Crippen molar-refractivity contribution in [2.75, 3.05) is 0 Å². The predicted molar refractivity (Wildman–Crippen MR) is 51.8 cm³/mol. The topological polar surface area (TPSA) is 30.2 Å². The van der Waals surface area contributed by atoms with Gasteiger partial charge in [0.05, 0.1) is 0 Å². The molecule has 2 heteroatoms. The Morgan fingerprint density at radius 3 is 2.62 bits per heavy atom. The van der Waals surface area contributed by atoms with E-state index in [0.29, 0.717) is 18.1 Å². The van der Waals surface area contributed by atoms with E-state index in [9.17, 15) is 4.79 Å². The Labute approximate surface area is 78.9 Å². The fourth-order valence-electron chi connectivity index (χ4n) is 1.13. The lowest BCUT2D eigenvalue weighted by molar-refractivity contribution is 0.0947. The van der Waals surface area contributed by atoms with Gasteiger partial charge in [-0.2, -0.15) is 0 Å². The van der Waals surface area contributed by atoms with Gasteiger partial charge >= 0.3 is 0 Å². The summed E-state index contributed by atoms with van der Waals surface area (Å²) in [6.07, 6.45) is 1.52. The number of furan rings is 1. The van der Waals surface area contributed by atoms with Crippen molar-refractivity contribution in [3.63, 3.8) is 0 Å². The standard InChI is InChI=1S/C11H16O2/c1-8(2)4-6-10(12)11-7-5-9(3)13-11/h5,7-8H,4,6H2,1-3H3. The van der Waals surface area contributed by atoms with E-state index < -0.39 is 0 Å². The predicted octanol–water partition coefficient (Wildman–Crippen LogP) is 3.21. The van der Waals surface area contributed by atoms with Crippen molar-refractivity contribution in [2.45, 2.75) is 33.6 Å². The molecule has 0 atom stereocenters. The highest BCUT2D eigenvalue weighted by Crippen LogP contribution is 2.12. The van der Waals surface area contributed by atoms with Crippen LogP contribution in [0.25, 0.3) is 0 Å². The smallest absolute Gasteiger partial charge is 0.198 e. The fourth-order valence-corrected chi connectivity index (χ4v) is 1.13. The van der Waals surface area contributed by atoms with E-state index in [1.807, 2.05) is 13.0 Å². The molecule has 1 aromatic heterocycles. The summed E-state index contributed by atoms with van der Waals surface area (Å²) in [6.45, 7) is 6.07. The van der Waals surface area contributed by atoms with Gasteiger partial charge in [-0.25, -0.2) is 0 Å². The van der Waals surface area contributed by atoms with Crippen molar-refractivity contribution < 1.29 is 9.21 Å². The van der Waals surface area contributed by atoms with Gasteiger partial charge in [0.2, 0.25) is 0 Å². The van der Waals surface area contributed by atoms with Gasteiger partial charge in [0, 0.05) is 6.42 Å². The molecule has 0 aliphatic carbocycles. The maximum Gasteiger partial charge on any atom is 0.198 e. The Morgan fingerprint density at radius 2 is 2.15 bits per heavy atom. The molecule has 0 aliphatic heterocycles. The van der Waals surface area contributed by atoms with Crippen molar-refractivity contribution >= 4 is 5.78 Å². The average molecular weight is 180 g/mol. The number of carbonyl (C=O) groups is 1. The lowest BCUT2D eigenvalue weighted by Gasteiger charge is -2.01. The van der Waals surface area contributed by atoms with Gasteiger partial charge < -0.3 is 4.42 Å². The SMILES string of the molecule is Cc1ccc(C(=O)CCC(C)C)o1. The van der Waals surface area contributed by atoms with Crippen LogP contribution in [0.1, 0.15) is 43.0 Å². The number of rotatable bonds is 4. The van der Waals surface area contributed by atoms with Gasteiger partial charge in [-0.15, -0.1) is 0 Å². The Balaban J connectivity index is 2.49. The molecule has 1 aromatic rings. The first-order chi connectivity index (χ1) is 6.09. The van der Waals surface area contributed by atoms with Gasteiger partial charge in [0.25, 0.3) is 0 Å². The zero-order valence-electron chi connectivity index (χ0n) is 8.46. The van der Waals surface area contributed by atoms with Gasteiger partial charge in [0.15, 0.2) is 11.5 Å². The minimum absolute atomic E-state index is 0.113. The minimum Gasteiger partial charge on any atom is -0.458 e. The summed E-state index contributed by atoms with van der Waals surface area (Å²) in [6, 6.07) is 3.57. The highest BCUT2D eigenvalue weighted by Gasteiger charge is 2.10. The van der Waals surface area contributed by atoms with Crippen LogP contribution in [-0.2, 0) is 0 Å². The average Bonchev–Trinajstić information content (AvgIpc) is 2.47. The van der Waals surface area contributed by atoms with Crippen LogP contribution < -0.4 is 0 Å². The zero-order valence-corrected chi connectivity index (χ0v) is 8.46. The second-order valence-corrected chi connectivity index (χ2v) is 3.77.